The van der Waals surface area contributed by atoms with E-state index in [1.807, 2.05) is 5.32 Å². The van der Waals surface area contributed by atoms with Crippen LogP contribution in [0.2, 0.25) is 0 Å². The van der Waals surface area contributed by atoms with Crippen LogP contribution in [0.1, 0.15) is 12.8 Å². The van der Waals surface area contributed by atoms with E-state index in [2.05, 4.69) is 0 Å². The lowest BCUT2D eigenvalue weighted by Crippen LogP contribution is -2.59. The minimum Gasteiger partial charge on any atom is -0.276 e. The van der Waals surface area contributed by atoms with Gasteiger partial charge in [0.2, 0.25) is 5.91 Å². The van der Waals surface area contributed by atoms with Crippen molar-refractivity contribution in [3.05, 3.63) is 29.8 Å². The number of carbonyl (C=O) groups is 3. The van der Waals surface area contributed by atoms with Gasteiger partial charge in [0.25, 0.3) is 5.91 Å². The lowest BCUT2D eigenvalue weighted by Gasteiger charge is -2.30. The number of nitrogens with one attached hydrogen (secondary N) is 1. The summed E-state index contributed by atoms with van der Waals surface area (Å²) >= 11 is 0. The highest BCUT2D eigenvalue weighted by atomic mass is 19.1. The second-order valence-electron chi connectivity index (χ2n) is 4.55. The molecular weight excluding hydrogens is 258 g/mol. The molecule has 19 heavy (non-hydrogen) atoms. The summed E-state index contributed by atoms with van der Waals surface area (Å²) in [5, 5.41) is 1.96. The highest BCUT2D eigenvalue weighted by Crippen LogP contribution is 2.50. The van der Waals surface area contributed by atoms with Gasteiger partial charge in [-0.1, -0.05) is 6.07 Å². The summed E-state index contributed by atoms with van der Waals surface area (Å²) in [7, 11) is 0. The first-order chi connectivity index (χ1) is 8.97. The van der Waals surface area contributed by atoms with Gasteiger partial charge in [-0.2, -0.15) is 0 Å². The fourth-order valence-electron chi connectivity index (χ4n) is 2.15. The molecule has 0 atom stereocenters. The van der Waals surface area contributed by atoms with Crippen LogP contribution in [0.5, 0.6) is 0 Å². The van der Waals surface area contributed by atoms with E-state index in [-0.39, 0.29) is 12.8 Å². The lowest BCUT2D eigenvalue weighted by molar-refractivity contribution is -0.136. The molecule has 4 amide bonds. The maximum absolute atomic E-state index is 13.7. The number of para-hydroxylation sites is 1. The summed E-state index contributed by atoms with van der Waals surface area (Å²) in [5.74, 6) is -3.64. The van der Waals surface area contributed by atoms with E-state index in [9.17, 15) is 23.2 Å². The van der Waals surface area contributed by atoms with Crippen LogP contribution in [0.15, 0.2) is 18.2 Å². The van der Waals surface area contributed by atoms with Crippen LogP contribution in [0.25, 0.3) is 0 Å². The number of barbiturate groups is 1. The molecule has 1 saturated carbocycles. The lowest BCUT2D eigenvalue weighted by atomic mass is 10.0. The third-order valence-corrected chi connectivity index (χ3v) is 3.38. The molecule has 7 heteroatoms. The second kappa shape index (κ2) is 3.59. The predicted molar refractivity (Wildman–Crippen MR) is 59.0 cm³/mol. The standard InChI is InChI=1S/C12H8F2N2O3/c13-6-2-1-3-7(14)8(6)16-10(18)12(4-5-12)9(17)15-11(16)19/h1-3H,4-5H2,(H,15,17,19). The largest absolute Gasteiger partial charge is 0.335 e. The van der Waals surface area contributed by atoms with E-state index in [0.29, 0.717) is 4.90 Å². The van der Waals surface area contributed by atoms with Crippen LogP contribution in [0.3, 0.4) is 0 Å². The molecule has 5 nitrogen and oxygen atoms in total. The third-order valence-electron chi connectivity index (χ3n) is 3.38. The Morgan fingerprint density at radius 3 is 2.21 bits per heavy atom. The molecule has 0 bridgehead atoms. The average molecular weight is 266 g/mol. The molecule has 2 fully saturated rings. The predicted octanol–water partition coefficient (Wildman–Crippen LogP) is 1.33. The number of anilines is 1. The first-order valence-corrected chi connectivity index (χ1v) is 5.61. The molecule has 0 unspecified atom stereocenters. The van der Waals surface area contributed by atoms with Crippen molar-refractivity contribution >= 4 is 23.5 Å². The Bertz CT molecular complexity index is 605. The van der Waals surface area contributed by atoms with Gasteiger partial charge in [-0.25, -0.2) is 18.5 Å². The highest BCUT2D eigenvalue weighted by molar-refractivity contribution is 6.31. The van der Waals surface area contributed by atoms with Crippen molar-refractivity contribution in [3.63, 3.8) is 0 Å². The van der Waals surface area contributed by atoms with Crippen molar-refractivity contribution in [3.8, 4) is 0 Å². The molecule has 2 aliphatic rings. The Kier molecular flexibility index (Phi) is 2.23. The van der Waals surface area contributed by atoms with Gasteiger partial charge in [-0.3, -0.25) is 14.9 Å². The second-order valence-corrected chi connectivity index (χ2v) is 4.55. The molecule has 1 aromatic carbocycles. The summed E-state index contributed by atoms with van der Waals surface area (Å²) in [5.41, 5.74) is -2.08. The Balaban J connectivity index is 2.12. The van der Waals surface area contributed by atoms with Gasteiger partial charge in [-0.05, 0) is 25.0 Å². The van der Waals surface area contributed by atoms with Crippen LogP contribution in [-0.2, 0) is 9.59 Å². The minimum atomic E-state index is -1.33. The first kappa shape index (κ1) is 11.8. The highest BCUT2D eigenvalue weighted by Gasteiger charge is 2.63. The number of carbonyl (C=O) groups excluding carboxylic acids is 3. The van der Waals surface area contributed by atoms with E-state index >= 15 is 0 Å². The number of hydrogen-bond donors (Lipinski definition) is 1. The van der Waals surface area contributed by atoms with E-state index < -0.39 is 40.6 Å². The van der Waals surface area contributed by atoms with E-state index in [0.717, 1.165) is 18.2 Å². The Morgan fingerprint density at radius 1 is 1.11 bits per heavy atom. The summed E-state index contributed by atoms with van der Waals surface area (Å²) in [6, 6.07) is 1.87. The Hall–Kier alpha value is -2.31. The molecule has 1 spiro atoms. The summed E-state index contributed by atoms with van der Waals surface area (Å²) in [6.07, 6.45) is 0.551. The molecule has 0 aromatic heterocycles. The molecule has 1 aromatic rings. The van der Waals surface area contributed by atoms with Gasteiger partial charge in [0.1, 0.15) is 22.7 Å². The van der Waals surface area contributed by atoms with Crippen molar-refractivity contribution in [2.75, 3.05) is 4.90 Å². The van der Waals surface area contributed by atoms with Crippen molar-refractivity contribution in [2.24, 2.45) is 5.41 Å². The quantitative estimate of drug-likeness (QED) is 0.780. The van der Waals surface area contributed by atoms with Crippen LogP contribution in [-0.4, -0.2) is 17.8 Å². The number of amides is 4. The summed E-state index contributed by atoms with van der Waals surface area (Å²) in [6.45, 7) is 0. The zero-order chi connectivity index (χ0) is 13.8. The summed E-state index contributed by atoms with van der Waals surface area (Å²) < 4.78 is 27.3. The number of rotatable bonds is 1. The minimum absolute atomic E-state index is 0.275. The van der Waals surface area contributed by atoms with Crippen LogP contribution in [0, 0.1) is 17.0 Å². The SMILES string of the molecule is O=C1NC(=O)C2(CC2)C(=O)N1c1c(F)cccc1F. The van der Waals surface area contributed by atoms with Crippen molar-refractivity contribution in [1.82, 2.24) is 5.32 Å². The number of urea groups is 1. The maximum atomic E-state index is 13.7. The zero-order valence-corrected chi connectivity index (χ0v) is 9.57. The van der Waals surface area contributed by atoms with Crippen molar-refractivity contribution in [2.45, 2.75) is 12.8 Å². The number of imide groups is 2. The van der Waals surface area contributed by atoms with E-state index in [4.69, 9.17) is 0 Å². The van der Waals surface area contributed by atoms with E-state index in [1.165, 1.54) is 0 Å². The fraction of sp³-hybridized carbons (Fsp3) is 0.250. The van der Waals surface area contributed by atoms with Gasteiger partial charge in [0.05, 0.1) is 0 Å². The molecule has 1 aliphatic heterocycles. The molecular formula is C12H8F2N2O3. The molecule has 1 saturated heterocycles. The number of halogens is 2. The molecule has 98 valence electrons. The number of hydrogen-bond acceptors (Lipinski definition) is 3. The van der Waals surface area contributed by atoms with Crippen LogP contribution >= 0.6 is 0 Å². The van der Waals surface area contributed by atoms with Gasteiger partial charge in [0, 0.05) is 0 Å². The first-order valence-electron chi connectivity index (χ1n) is 5.61. The van der Waals surface area contributed by atoms with Gasteiger partial charge >= 0.3 is 6.03 Å². The Labute approximate surface area is 106 Å². The van der Waals surface area contributed by atoms with Gasteiger partial charge in [-0.15, -0.1) is 0 Å². The van der Waals surface area contributed by atoms with Crippen LogP contribution < -0.4 is 10.2 Å². The topological polar surface area (TPSA) is 66.5 Å². The molecule has 1 heterocycles. The Morgan fingerprint density at radius 2 is 1.68 bits per heavy atom. The average Bonchev–Trinajstić information content (AvgIpc) is 3.12. The molecule has 3 rings (SSSR count). The molecule has 0 radical (unpaired) electrons. The van der Waals surface area contributed by atoms with Gasteiger partial charge in [0.15, 0.2) is 0 Å². The maximum Gasteiger partial charge on any atom is 0.335 e. The summed E-state index contributed by atoms with van der Waals surface area (Å²) in [4.78, 5) is 35.8. The number of nitrogens with zero attached hydrogens (tertiary/aromatic N) is 1. The molecule has 1 N–H and O–H groups in total. The molecule has 1 aliphatic carbocycles. The fourth-order valence-corrected chi connectivity index (χ4v) is 2.15. The smallest absolute Gasteiger partial charge is 0.276 e. The van der Waals surface area contributed by atoms with Gasteiger partial charge < -0.3 is 0 Å². The third kappa shape index (κ3) is 1.47. The number of benzene rings is 1. The van der Waals surface area contributed by atoms with Crippen molar-refractivity contribution < 1.29 is 23.2 Å². The van der Waals surface area contributed by atoms with E-state index in [1.54, 1.807) is 0 Å². The van der Waals surface area contributed by atoms with Crippen LogP contribution in [0.4, 0.5) is 19.3 Å². The van der Waals surface area contributed by atoms with Crippen molar-refractivity contribution in [1.29, 1.82) is 0 Å². The monoisotopic (exact) mass is 266 g/mol. The normalized spacial score (nSPS) is 20.7. The zero-order valence-electron chi connectivity index (χ0n) is 9.57.